The number of rotatable bonds is 5. The Balaban J connectivity index is 1.79. The lowest BCUT2D eigenvalue weighted by molar-refractivity contribution is 0.408. The maximum absolute atomic E-state index is 15.5. The number of hydrogen-bond acceptors (Lipinski definition) is 6. The number of nitrogens with one attached hydrogen (secondary N) is 1. The maximum atomic E-state index is 15.5. The molecule has 0 aliphatic carbocycles. The van der Waals surface area contributed by atoms with Gasteiger partial charge in [-0.15, -0.1) is 0 Å². The van der Waals surface area contributed by atoms with Gasteiger partial charge in [0, 0.05) is 24.4 Å². The van der Waals surface area contributed by atoms with E-state index in [0.29, 0.717) is 33.5 Å². The van der Waals surface area contributed by atoms with Crippen LogP contribution < -0.4 is 15.2 Å². The van der Waals surface area contributed by atoms with Crippen molar-refractivity contribution in [3.63, 3.8) is 0 Å². The molecular weight excluding hydrogens is 433 g/mol. The van der Waals surface area contributed by atoms with Crippen LogP contribution in [0.15, 0.2) is 47.8 Å². The summed E-state index contributed by atoms with van der Waals surface area (Å²) in [5.74, 6) is 0.0850. The first-order chi connectivity index (χ1) is 15.1. The Morgan fingerprint density at radius 1 is 1.12 bits per heavy atom. The summed E-state index contributed by atoms with van der Waals surface area (Å²) < 4.78 is 50.9. The van der Waals surface area contributed by atoms with Crippen molar-refractivity contribution >= 4 is 32.6 Å². The predicted octanol–water partition coefficient (Wildman–Crippen LogP) is 3.78. The lowest BCUT2D eigenvalue weighted by Gasteiger charge is -2.14. The number of ether oxygens (including phenoxy) is 1. The molecule has 2 heterocycles. The second-order valence-corrected chi connectivity index (χ2v) is 9.16. The molecular formula is C22H22FN5O3S. The van der Waals surface area contributed by atoms with Gasteiger partial charge in [0.2, 0.25) is 0 Å². The molecule has 0 amide bonds. The van der Waals surface area contributed by atoms with Crippen LogP contribution in [-0.4, -0.2) is 30.1 Å². The Kier molecular flexibility index (Phi) is 5.25. The van der Waals surface area contributed by atoms with Crippen molar-refractivity contribution in [2.75, 3.05) is 17.6 Å². The fraction of sp³-hybridized carbons (Fsp3) is 0.182. The first kappa shape index (κ1) is 21.6. The molecule has 0 radical (unpaired) electrons. The minimum atomic E-state index is -4.05. The normalized spacial score (nSPS) is 11.7. The summed E-state index contributed by atoms with van der Waals surface area (Å²) in [6.45, 7) is 3.50. The molecule has 10 heteroatoms. The average molecular weight is 456 g/mol. The fourth-order valence-corrected chi connectivity index (χ4v) is 5.08. The Hall–Kier alpha value is -3.66. The molecule has 0 bridgehead atoms. The number of benzene rings is 2. The van der Waals surface area contributed by atoms with E-state index < -0.39 is 15.8 Å². The lowest BCUT2D eigenvalue weighted by Crippen LogP contribution is -2.15. The van der Waals surface area contributed by atoms with E-state index in [0.717, 1.165) is 0 Å². The standard InChI is InChI=1S/C22H22FN5O3S/c1-12-8-14(9-13(2)20(12)31-4)32(29,30)27-17-7-5-6-15(19(17)23)16-10-28(3)22-18(16)21(24)25-11-26-22/h5-11,27H,1-4H3,(H2,24,25,26). The number of aromatic nitrogens is 3. The lowest BCUT2D eigenvalue weighted by atomic mass is 10.0. The maximum Gasteiger partial charge on any atom is 0.262 e. The van der Waals surface area contributed by atoms with Gasteiger partial charge in [0.15, 0.2) is 5.82 Å². The van der Waals surface area contributed by atoms with Crippen molar-refractivity contribution in [3.05, 3.63) is 59.8 Å². The Bertz CT molecular complexity index is 1440. The van der Waals surface area contributed by atoms with Crippen LogP contribution >= 0.6 is 0 Å². The van der Waals surface area contributed by atoms with Crippen LogP contribution in [0.25, 0.3) is 22.2 Å². The van der Waals surface area contributed by atoms with E-state index in [1.165, 1.54) is 31.6 Å². The van der Waals surface area contributed by atoms with Crippen molar-refractivity contribution in [1.82, 2.24) is 14.5 Å². The van der Waals surface area contributed by atoms with Gasteiger partial charge in [0.1, 0.15) is 23.5 Å². The first-order valence-electron chi connectivity index (χ1n) is 9.66. The zero-order chi connectivity index (χ0) is 23.2. The molecule has 0 spiro atoms. The summed E-state index contributed by atoms with van der Waals surface area (Å²) in [4.78, 5) is 8.21. The Labute approximate surface area is 184 Å². The van der Waals surface area contributed by atoms with Crippen LogP contribution in [0, 0.1) is 19.7 Å². The Morgan fingerprint density at radius 2 is 1.81 bits per heavy atom. The third-order valence-corrected chi connectivity index (χ3v) is 6.61. The molecule has 4 aromatic rings. The van der Waals surface area contributed by atoms with E-state index in [1.807, 2.05) is 0 Å². The average Bonchev–Trinajstić information content (AvgIpc) is 3.07. The molecule has 3 N–H and O–H groups in total. The molecule has 0 atom stereocenters. The molecule has 0 unspecified atom stereocenters. The molecule has 0 aliphatic rings. The minimum absolute atomic E-state index is 0.0147. The SMILES string of the molecule is COc1c(C)cc(S(=O)(=O)Nc2cccc(-c3cn(C)c4ncnc(N)c34)c2F)cc1C. The van der Waals surface area contributed by atoms with E-state index in [1.54, 1.807) is 43.8 Å². The number of sulfonamides is 1. The van der Waals surface area contributed by atoms with Crippen molar-refractivity contribution in [1.29, 1.82) is 0 Å². The molecule has 2 aromatic heterocycles. The number of aryl methyl sites for hydroxylation is 3. The van der Waals surface area contributed by atoms with Gasteiger partial charge in [-0.2, -0.15) is 0 Å². The van der Waals surface area contributed by atoms with Gasteiger partial charge < -0.3 is 15.0 Å². The number of nitrogen functional groups attached to an aromatic ring is 1. The molecule has 0 fully saturated rings. The first-order valence-corrected chi connectivity index (χ1v) is 11.1. The number of nitrogens with zero attached hydrogens (tertiary/aromatic N) is 3. The van der Waals surface area contributed by atoms with E-state index >= 15 is 4.39 Å². The number of methoxy groups -OCH3 is 1. The summed E-state index contributed by atoms with van der Waals surface area (Å²) in [5.41, 5.74) is 8.35. The molecule has 0 aliphatic heterocycles. The second kappa shape index (κ2) is 7.79. The van der Waals surface area contributed by atoms with Gasteiger partial charge in [-0.3, -0.25) is 4.72 Å². The van der Waals surface area contributed by atoms with Gasteiger partial charge >= 0.3 is 0 Å². The summed E-state index contributed by atoms with van der Waals surface area (Å²) in [7, 11) is -0.768. The van der Waals surface area contributed by atoms with Gasteiger partial charge in [0.05, 0.1) is 23.1 Å². The zero-order valence-electron chi connectivity index (χ0n) is 18.0. The molecule has 4 rings (SSSR count). The number of nitrogens with two attached hydrogens (primary N) is 1. The predicted molar refractivity (Wildman–Crippen MR) is 122 cm³/mol. The number of hydrogen-bond donors (Lipinski definition) is 2. The zero-order valence-corrected chi connectivity index (χ0v) is 18.8. The van der Waals surface area contributed by atoms with Crippen LogP contribution in [0.3, 0.4) is 0 Å². The van der Waals surface area contributed by atoms with Crippen LogP contribution in [0.5, 0.6) is 5.75 Å². The van der Waals surface area contributed by atoms with Gasteiger partial charge in [-0.05, 0) is 43.2 Å². The quantitative estimate of drug-likeness (QED) is 0.474. The third kappa shape index (κ3) is 3.52. The highest BCUT2D eigenvalue weighted by atomic mass is 32.2. The molecule has 0 saturated carbocycles. The number of anilines is 2. The van der Waals surface area contributed by atoms with E-state index in [4.69, 9.17) is 10.5 Å². The highest BCUT2D eigenvalue weighted by Crippen LogP contribution is 2.36. The van der Waals surface area contributed by atoms with E-state index in [-0.39, 0.29) is 22.0 Å². The van der Waals surface area contributed by atoms with Crippen molar-refractivity contribution in [2.24, 2.45) is 7.05 Å². The molecule has 0 saturated heterocycles. The molecule has 166 valence electrons. The largest absolute Gasteiger partial charge is 0.496 e. The van der Waals surface area contributed by atoms with Crippen molar-refractivity contribution in [2.45, 2.75) is 18.7 Å². The van der Waals surface area contributed by atoms with Crippen LogP contribution in [-0.2, 0) is 17.1 Å². The summed E-state index contributed by atoms with van der Waals surface area (Å²) >= 11 is 0. The summed E-state index contributed by atoms with van der Waals surface area (Å²) in [5, 5.41) is 0.496. The van der Waals surface area contributed by atoms with E-state index in [2.05, 4.69) is 14.7 Å². The van der Waals surface area contributed by atoms with Crippen molar-refractivity contribution in [3.8, 4) is 16.9 Å². The molecule has 2 aromatic carbocycles. The molecule has 32 heavy (non-hydrogen) atoms. The van der Waals surface area contributed by atoms with Gasteiger partial charge in [-0.25, -0.2) is 22.8 Å². The van der Waals surface area contributed by atoms with Crippen LogP contribution in [0.2, 0.25) is 0 Å². The van der Waals surface area contributed by atoms with Gasteiger partial charge in [-0.1, -0.05) is 12.1 Å². The fourth-order valence-electron chi connectivity index (χ4n) is 3.85. The van der Waals surface area contributed by atoms with Crippen molar-refractivity contribution < 1.29 is 17.5 Å². The second-order valence-electron chi connectivity index (χ2n) is 7.47. The third-order valence-electron chi connectivity index (χ3n) is 5.26. The number of halogens is 1. The number of fused-ring (bicyclic) bond motifs is 1. The highest BCUT2D eigenvalue weighted by molar-refractivity contribution is 7.92. The van der Waals surface area contributed by atoms with Crippen LogP contribution in [0.4, 0.5) is 15.9 Å². The van der Waals surface area contributed by atoms with E-state index in [9.17, 15) is 8.42 Å². The molecule has 8 nitrogen and oxygen atoms in total. The Morgan fingerprint density at radius 3 is 2.47 bits per heavy atom. The smallest absolute Gasteiger partial charge is 0.262 e. The minimum Gasteiger partial charge on any atom is -0.496 e. The summed E-state index contributed by atoms with van der Waals surface area (Å²) in [6, 6.07) is 7.46. The summed E-state index contributed by atoms with van der Waals surface area (Å²) in [6.07, 6.45) is 3.02. The highest BCUT2D eigenvalue weighted by Gasteiger charge is 2.22. The topological polar surface area (TPSA) is 112 Å². The van der Waals surface area contributed by atoms with Crippen LogP contribution in [0.1, 0.15) is 11.1 Å². The van der Waals surface area contributed by atoms with Gasteiger partial charge in [0.25, 0.3) is 10.0 Å². The monoisotopic (exact) mass is 455 g/mol.